The van der Waals surface area contributed by atoms with Crippen LogP contribution in [0.5, 0.6) is 5.75 Å². The Bertz CT molecular complexity index is 1170. The second-order valence-corrected chi connectivity index (χ2v) is 8.39. The van der Waals surface area contributed by atoms with Crippen molar-refractivity contribution in [2.24, 2.45) is 0 Å². The summed E-state index contributed by atoms with van der Waals surface area (Å²) in [6, 6.07) is 23.3. The average Bonchev–Trinajstić information content (AvgIpc) is 3.06. The van der Waals surface area contributed by atoms with Crippen LogP contribution in [0.15, 0.2) is 83.8 Å². The van der Waals surface area contributed by atoms with Gasteiger partial charge in [-0.25, -0.2) is 4.79 Å². The summed E-state index contributed by atoms with van der Waals surface area (Å²) in [5.41, 5.74) is 2.61. The third kappa shape index (κ3) is 4.84. The second-order valence-electron chi connectivity index (χ2n) is 6.72. The van der Waals surface area contributed by atoms with Crippen LogP contribution in [0.4, 0.5) is 5.69 Å². The normalized spacial score (nSPS) is 14.8. The summed E-state index contributed by atoms with van der Waals surface area (Å²) in [6.45, 7) is 0.260. The maximum absolute atomic E-state index is 12.8. The van der Waals surface area contributed by atoms with Crippen molar-refractivity contribution in [3.05, 3.63) is 100 Å². The van der Waals surface area contributed by atoms with Gasteiger partial charge in [0.05, 0.1) is 16.2 Å². The molecule has 4 rings (SSSR count). The van der Waals surface area contributed by atoms with Gasteiger partial charge in [0.1, 0.15) is 12.4 Å². The van der Waals surface area contributed by atoms with Crippen LogP contribution in [0.3, 0.4) is 0 Å². The van der Waals surface area contributed by atoms with Crippen LogP contribution in [-0.4, -0.2) is 21.3 Å². The summed E-state index contributed by atoms with van der Waals surface area (Å²) in [5, 5.41) is 9.08. The summed E-state index contributed by atoms with van der Waals surface area (Å²) in [5.74, 6) is -0.460. The van der Waals surface area contributed by atoms with E-state index in [4.69, 9.17) is 22.1 Å². The maximum Gasteiger partial charge on any atom is 0.335 e. The molecule has 1 aliphatic heterocycles. The summed E-state index contributed by atoms with van der Waals surface area (Å²) >= 11 is 6.67. The van der Waals surface area contributed by atoms with Crippen molar-refractivity contribution < 1.29 is 19.4 Å². The van der Waals surface area contributed by atoms with Crippen LogP contribution in [0, 0.1) is 0 Å². The third-order valence-electron chi connectivity index (χ3n) is 4.57. The number of carbonyl (C=O) groups is 2. The fourth-order valence-corrected chi connectivity index (χ4v) is 4.34. The highest BCUT2D eigenvalue weighted by Gasteiger charge is 2.33. The van der Waals surface area contributed by atoms with Gasteiger partial charge in [-0.1, -0.05) is 66.4 Å². The van der Waals surface area contributed by atoms with Gasteiger partial charge < -0.3 is 9.84 Å². The lowest BCUT2D eigenvalue weighted by molar-refractivity contribution is -0.113. The van der Waals surface area contributed by atoms with Crippen LogP contribution < -0.4 is 9.64 Å². The van der Waals surface area contributed by atoms with E-state index in [0.29, 0.717) is 15.0 Å². The number of amides is 1. The highest BCUT2D eigenvalue weighted by atomic mass is 32.2. The number of nitrogens with zero attached hydrogens (tertiary/aromatic N) is 1. The number of aromatic carboxylic acids is 1. The lowest BCUT2D eigenvalue weighted by Crippen LogP contribution is -2.27. The summed E-state index contributed by atoms with van der Waals surface area (Å²) in [4.78, 5) is 26.0. The Morgan fingerprint density at radius 3 is 2.48 bits per heavy atom. The first-order valence-electron chi connectivity index (χ1n) is 9.39. The van der Waals surface area contributed by atoms with Crippen LogP contribution >= 0.6 is 24.0 Å². The van der Waals surface area contributed by atoms with E-state index in [-0.39, 0.29) is 18.1 Å². The Morgan fingerprint density at radius 2 is 1.77 bits per heavy atom. The first-order valence-corrected chi connectivity index (χ1v) is 10.6. The van der Waals surface area contributed by atoms with E-state index in [1.165, 1.54) is 16.7 Å². The minimum absolute atomic E-state index is 0.139. The number of thiocarbonyl (C=S) groups is 1. The molecule has 0 saturated carbocycles. The fourth-order valence-electron chi connectivity index (χ4n) is 3.04. The van der Waals surface area contributed by atoms with Crippen molar-refractivity contribution in [3.63, 3.8) is 0 Å². The summed E-state index contributed by atoms with van der Waals surface area (Å²) < 4.78 is 6.26. The lowest BCUT2D eigenvalue weighted by Gasteiger charge is -2.13. The van der Waals surface area contributed by atoms with Crippen molar-refractivity contribution in [2.75, 3.05) is 4.90 Å². The van der Waals surface area contributed by atoms with Gasteiger partial charge in [0.2, 0.25) is 0 Å². The molecule has 31 heavy (non-hydrogen) atoms. The molecule has 5 nitrogen and oxygen atoms in total. The molecule has 3 aromatic rings. The summed E-state index contributed by atoms with van der Waals surface area (Å²) in [7, 11) is 0. The number of benzene rings is 3. The second kappa shape index (κ2) is 9.16. The monoisotopic (exact) mass is 447 g/mol. The Kier molecular flexibility index (Phi) is 6.16. The van der Waals surface area contributed by atoms with Crippen LogP contribution in [-0.2, 0) is 11.4 Å². The topological polar surface area (TPSA) is 66.8 Å². The van der Waals surface area contributed by atoms with E-state index in [2.05, 4.69) is 0 Å². The molecular weight excluding hydrogens is 430 g/mol. The van der Waals surface area contributed by atoms with E-state index in [9.17, 15) is 9.59 Å². The molecule has 0 atom stereocenters. The lowest BCUT2D eigenvalue weighted by atomic mass is 10.1. The molecular formula is C24H17NO4S2. The van der Waals surface area contributed by atoms with E-state index in [0.717, 1.165) is 16.8 Å². The first kappa shape index (κ1) is 20.8. The number of carboxylic acids is 1. The van der Waals surface area contributed by atoms with E-state index >= 15 is 0 Å². The van der Waals surface area contributed by atoms with Gasteiger partial charge in [-0.3, -0.25) is 9.69 Å². The maximum atomic E-state index is 12.8. The van der Waals surface area contributed by atoms with Crippen molar-refractivity contribution in [1.29, 1.82) is 0 Å². The van der Waals surface area contributed by atoms with E-state index in [1.807, 2.05) is 66.7 Å². The molecule has 0 aliphatic carbocycles. The van der Waals surface area contributed by atoms with Crippen molar-refractivity contribution in [1.82, 2.24) is 0 Å². The first-order chi connectivity index (χ1) is 15.0. The fraction of sp³-hybridized carbons (Fsp3) is 0.0417. The highest BCUT2D eigenvalue weighted by Crippen LogP contribution is 2.36. The van der Waals surface area contributed by atoms with Gasteiger partial charge in [-0.15, -0.1) is 0 Å². The van der Waals surface area contributed by atoms with Gasteiger partial charge in [0.25, 0.3) is 5.91 Å². The molecule has 7 heteroatoms. The number of ether oxygens (including phenoxy) is 1. The zero-order valence-electron chi connectivity index (χ0n) is 16.2. The van der Waals surface area contributed by atoms with Crippen molar-refractivity contribution >= 4 is 51.9 Å². The standard InChI is InChI=1S/C24H17NO4S2/c26-22-21(31-24(30)25(22)19-7-2-1-3-8-19)14-16-9-11-20(12-10-16)29-15-17-5-4-6-18(13-17)23(27)28/h1-14H,15H2,(H,27,28)/b21-14+. The van der Waals surface area contributed by atoms with E-state index < -0.39 is 5.97 Å². The minimum Gasteiger partial charge on any atom is -0.489 e. The van der Waals surface area contributed by atoms with Gasteiger partial charge >= 0.3 is 5.97 Å². The molecule has 154 valence electrons. The number of anilines is 1. The molecule has 1 N–H and O–H groups in total. The summed E-state index contributed by atoms with van der Waals surface area (Å²) in [6.07, 6.45) is 1.81. The third-order valence-corrected chi connectivity index (χ3v) is 5.87. The smallest absolute Gasteiger partial charge is 0.335 e. The van der Waals surface area contributed by atoms with Gasteiger partial charge in [-0.2, -0.15) is 0 Å². The Balaban J connectivity index is 1.43. The SMILES string of the molecule is O=C(O)c1cccc(COc2ccc(/C=C3/SC(=S)N(c4ccccc4)C3=O)cc2)c1. The predicted molar refractivity (Wildman–Crippen MR) is 126 cm³/mol. The van der Waals surface area contributed by atoms with Crippen LogP contribution in [0.25, 0.3) is 6.08 Å². The van der Waals surface area contributed by atoms with Gasteiger partial charge in [0.15, 0.2) is 4.32 Å². The molecule has 1 amide bonds. The zero-order valence-corrected chi connectivity index (χ0v) is 17.9. The zero-order chi connectivity index (χ0) is 21.8. The molecule has 0 radical (unpaired) electrons. The molecule has 1 heterocycles. The largest absolute Gasteiger partial charge is 0.489 e. The van der Waals surface area contributed by atoms with Gasteiger partial charge in [-0.05, 0) is 53.6 Å². The average molecular weight is 448 g/mol. The van der Waals surface area contributed by atoms with Gasteiger partial charge in [0, 0.05) is 0 Å². The molecule has 0 aromatic heterocycles. The Hall–Kier alpha value is -3.42. The highest BCUT2D eigenvalue weighted by molar-refractivity contribution is 8.27. The van der Waals surface area contributed by atoms with Crippen molar-refractivity contribution in [2.45, 2.75) is 6.61 Å². The minimum atomic E-state index is -0.969. The molecule has 1 saturated heterocycles. The molecule has 1 aliphatic rings. The van der Waals surface area contributed by atoms with Crippen LogP contribution in [0.1, 0.15) is 21.5 Å². The number of carbonyl (C=O) groups excluding carboxylic acids is 1. The number of carboxylic acid groups (broad SMARTS) is 1. The number of hydrogen-bond acceptors (Lipinski definition) is 5. The number of thioether (sulfide) groups is 1. The Morgan fingerprint density at radius 1 is 1.03 bits per heavy atom. The Labute approximate surface area is 189 Å². The van der Waals surface area contributed by atoms with Crippen LogP contribution in [0.2, 0.25) is 0 Å². The number of rotatable bonds is 6. The predicted octanol–water partition coefficient (Wildman–Crippen LogP) is 5.37. The van der Waals surface area contributed by atoms with E-state index in [1.54, 1.807) is 18.2 Å². The molecule has 0 spiro atoms. The quantitative estimate of drug-likeness (QED) is 0.405. The number of para-hydroxylation sites is 1. The van der Waals surface area contributed by atoms with Crippen molar-refractivity contribution in [3.8, 4) is 5.75 Å². The number of hydrogen-bond donors (Lipinski definition) is 1. The molecule has 3 aromatic carbocycles. The molecule has 1 fully saturated rings. The molecule has 0 bridgehead atoms. The molecule has 0 unspecified atom stereocenters.